The standard InChI is InChI=1S/C12H19N3O/c1-16-11-5-2-6-14-12(11)15-7-3-4-10(8-13)9-15/h2,5-6,10H,3-4,7-9,13H2,1H3. The van der Waals surface area contributed by atoms with E-state index in [4.69, 9.17) is 10.5 Å². The lowest BCUT2D eigenvalue weighted by molar-refractivity contribution is 0.395. The SMILES string of the molecule is COc1cccnc1N1CCCC(CN)C1. The number of rotatable bonds is 3. The van der Waals surface area contributed by atoms with Crippen molar-refractivity contribution in [2.45, 2.75) is 12.8 Å². The predicted octanol–water partition coefficient (Wildman–Crippen LogP) is 1.27. The molecule has 0 aliphatic carbocycles. The first-order valence-corrected chi connectivity index (χ1v) is 5.79. The van der Waals surface area contributed by atoms with Crippen molar-refractivity contribution >= 4 is 5.82 Å². The summed E-state index contributed by atoms with van der Waals surface area (Å²) in [5, 5.41) is 0. The number of pyridine rings is 1. The molecule has 0 spiro atoms. The molecular weight excluding hydrogens is 202 g/mol. The molecule has 1 aliphatic heterocycles. The van der Waals surface area contributed by atoms with Crippen LogP contribution in [0.5, 0.6) is 5.75 Å². The van der Waals surface area contributed by atoms with Crippen molar-refractivity contribution in [3.05, 3.63) is 18.3 Å². The second kappa shape index (κ2) is 5.16. The predicted molar refractivity (Wildman–Crippen MR) is 64.8 cm³/mol. The number of hydrogen-bond acceptors (Lipinski definition) is 4. The quantitative estimate of drug-likeness (QED) is 0.835. The first-order chi connectivity index (χ1) is 7.85. The zero-order valence-electron chi connectivity index (χ0n) is 9.72. The van der Waals surface area contributed by atoms with Gasteiger partial charge in [-0.15, -0.1) is 0 Å². The highest BCUT2D eigenvalue weighted by Crippen LogP contribution is 2.28. The topological polar surface area (TPSA) is 51.4 Å². The molecule has 4 heteroatoms. The molecule has 0 saturated carbocycles. The monoisotopic (exact) mass is 221 g/mol. The van der Waals surface area contributed by atoms with Crippen LogP contribution < -0.4 is 15.4 Å². The second-order valence-electron chi connectivity index (χ2n) is 4.22. The summed E-state index contributed by atoms with van der Waals surface area (Å²) >= 11 is 0. The molecule has 1 saturated heterocycles. The van der Waals surface area contributed by atoms with E-state index in [-0.39, 0.29) is 0 Å². The number of piperidine rings is 1. The molecule has 88 valence electrons. The first kappa shape index (κ1) is 11.2. The van der Waals surface area contributed by atoms with Crippen molar-refractivity contribution in [2.75, 3.05) is 31.6 Å². The molecule has 1 fully saturated rings. The average molecular weight is 221 g/mol. The summed E-state index contributed by atoms with van der Waals surface area (Å²) in [6.45, 7) is 2.79. The fourth-order valence-corrected chi connectivity index (χ4v) is 2.23. The van der Waals surface area contributed by atoms with Gasteiger partial charge in [0.1, 0.15) is 0 Å². The molecule has 0 amide bonds. The van der Waals surface area contributed by atoms with E-state index in [1.165, 1.54) is 12.8 Å². The van der Waals surface area contributed by atoms with Gasteiger partial charge in [-0.3, -0.25) is 0 Å². The molecule has 2 heterocycles. The summed E-state index contributed by atoms with van der Waals surface area (Å²) in [6.07, 6.45) is 4.22. The minimum Gasteiger partial charge on any atom is -0.493 e. The molecule has 0 radical (unpaired) electrons. The maximum absolute atomic E-state index is 5.74. The molecule has 1 unspecified atom stereocenters. The van der Waals surface area contributed by atoms with Crippen LogP contribution in [0.4, 0.5) is 5.82 Å². The van der Waals surface area contributed by atoms with Crippen LogP contribution in [0.1, 0.15) is 12.8 Å². The van der Waals surface area contributed by atoms with Gasteiger partial charge in [-0.05, 0) is 37.4 Å². The molecule has 4 nitrogen and oxygen atoms in total. The minimum absolute atomic E-state index is 0.584. The number of anilines is 1. The van der Waals surface area contributed by atoms with Crippen LogP contribution in [0.15, 0.2) is 18.3 Å². The lowest BCUT2D eigenvalue weighted by Gasteiger charge is -2.33. The van der Waals surface area contributed by atoms with E-state index in [0.717, 1.165) is 31.2 Å². The second-order valence-corrected chi connectivity index (χ2v) is 4.22. The lowest BCUT2D eigenvalue weighted by atomic mass is 9.98. The van der Waals surface area contributed by atoms with Crippen molar-refractivity contribution in [1.29, 1.82) is 0 Å². The summed E-state index contributed by atoms with van der Waals surface area (Å²) in [4.78, 5) is 6.68. The van der Waals surface area contributed by atoms with Gasteiger partial charge in [0.15, 0.2) is 11.6 Å². The van der Waals surface area contributed by atoms with Crippen molar-refractivity contribution in [3.63, 3.8) is 0 Å². The fourth-order valence-electron chi connectivity index (χ4n) is 2.23. The molecular formula is C12H19N3O. The van der Waals surface area contributed by atoms with E-state index in [1.54, 1.807) is 7.11 Å². The van der Waals surface area contributed by atoms with Crippen molar-refractivity contribution < 1.29 is 4.74 Å². The Balaban J connectivity index is 2.16. The van der Waals surface area contributed by atoms with E-state index in [0.29, 0.717) is 5.92 Å². The van der Waals surface area contributed by atoms with Crippen LogP contribution in [-0.4, -0.2) is 31.7 Å². The summed E-state index contributed by atoms with van der Waals surface area (Å²) in [5.74, 6) is 2.38. The molecule has 1 aromatic rings. The number of methoxy groups -OCH3 is 1. The maximum atomic E-state index is 5.74. The molecule has 2 rings (SSSR count). The largest absolute Gasteiger partial charge is 0.493 e. The third-order valence-electron chi connectivity index (χ3n) is 3.12. The highest BCUT2D eigenvalue weighted by atomic mass is 16.5. The number of nitrogens with two attached hydrogens (primary N) is 1. The third-order valence-corrected chi connectivity index (χ3v) is 3.12. The third kappa shape index (κ3) is 2.27. The number of nitrogens with zero attached hydrogens (tertiary/aromatic N) is 2. The first-order valence-electron chi connectivity index (χ1n) is 5.79. The van der Waals surface area contributed by atoms with Crippen LogP contribution in [0.3, 0.4) is 0 Å². The van der Waals surface area contributed by atoms with Crippen LogP contribution in [-0.2, 0) is 0 Å². The Hall–Kier alpha value is -1.29. The van der Waals surface area contributed by atoms with Crippen LogP contribution >= 0.6 is 0 Å². The molecule has 1 aromatic heterocycles. The number of ether oxygens (including phenoxy) is 1. The Kier molecular flexibility index (Phi) is 3.62. The van der Waals surface area contributed by atoms with Crippen molar-refractivity contribution in [2.24, 2.45) is 11.7 Å². The number of aromatic nitrogens is 1. The van der Waals surface area contributed by atoms with Crippen molar-refractivity contribution in [1.82, 2.24) is 4.98 Å². The van der Waals surface area contributed by atoms with Crippen molar-refractivity contribution in [3.8, 4) is 5.75 Å². The van der Waals surface area contributed by atoms with Crippen LogP contribution in [0, 0.1) is 5.92 Å². The zero-order chi connectivity index (χ0) is 11.4. The smallest absolute Gasteiger partial charge is 0.171 e. The van der Waals surface area contributed by atoms with Gasteiger partial charge < -0.3 is 15.4 Å². The van der Waals surface area contributed by atoms with E-state index >= 15 is 0 Å². The summed E-state index contributed by atoms with van der Waals surface area (Å²) in [7, 11) is 1.69. The van der Waals surface area contributed by atoms with Gasteiger partial charge in [-0.2, -0.15) is 0 Å². The lowest BCUT2D eigenvalue weighted by Crippen LogP contribution is -2.38. The Morgan fingerprint density at radius 3 is 3.25 bits per heavy atom. The van der Waals surface area contributed by atoms with Crippen LogP contribution in [0.2, 0.25) is 0 Å². The average Bonchev–Trinajstić information content (AvgIpc) is 2.38. The zero-order valence-corrected chi connectivity index (χ0v) is 9.72. The van der Waals surface area contributed by atoms with Gasteiger partial charge in [0, 0.05) is 19.3 Å². The van der Waals surface area contributed by atoms with Gasteiger partial charge in [0.05, 0.1) is 7.11 Å². The summed E-state index contributed by atoms with van der Waals surface area (Å²) < 4.78 is 5.33. The minimum atomic E-state index is 0.584. The van der Waals surface area contributed by atoms with Crippen LogP contribution in [0.25, 0.3) is 0 Å². The molecule has 0 aromatic carbocycles. The van der Waals surface area contributed by atoms with Gasteiger partial charge in [0.2, 0.25) is 0 Å². The Bertz CT molecular complexity index is 343. The van der Waals surface area contributed by atoms with Gasteiger partial charge >= 0.3 is 0 Å². The van der Waals surface area contributed by atoms with E-state index in [2.05, 4.69) is 9.88 Å². The fraction of sp³-hybridized carbons (Fsp3) is 0.583. The van der Waals surface area contributed by atoms with E-state index < -0.39 is 0 Å². The maximum Gasteiger partial charge on any atom is 0.171 e. The van der Waals surface area contributed by atoms with Gasteiger partial charge in [-0.1, -0.05) is 0 Å². The molecule has 1 atom stereocenters. The van der Waals surface area contributed by atoms with E-state index in [9.17, 15) is 0 Å². The molecule has 0 bridgehead atoms. The number of hydrogen-bond donors (Lipinski definition) is 1. The Labute approximate surface area is 96.4 Å². The Morgan fingerprint density at radius 2 is 2.50 bits per heavy atom. The molecule has 2 N–H and O–H groups in total. The molecule has 16 heavy (non-hydrogen) atoms. The Morgan fingerprint density at radius 1 is 1.62 bits per heavy atom. The summed E-state index contributed by atoms with van der Waals surface area (Å²) in [6, 6.07) is 3.85. The highest BCUT2D eigenvalue weighted by molar-refractivity contribution is 5.52. The van der Waals surface area contributed by atoms with E-state index in [1.807, 2.05) is 18.3 Å². The normalized spacial score (nSPS) is 20.9. The van der Waals surface area contributed by atoms with Gasteiger partial charge in [-0.25, -0.2) is 4.98 Å². The molecule has 1 aliphatic rings. The highest BCUT2D eigenvalue weighted by Gasteiger charge is 2.21. The summed E-state index contributed by atoms with van der Waals surface area (Å²) in [5.41, 5.74) is 5.74. The van der Waals surface area contributed by atoms with Gasteiger partial charge in [0.25, 0.3) is 0 Å².